The van der Waals surface area contributed by atoms with Crippen LogP contribution in [0.5, 0.6) is 5.75 Å². The van der Waals surface area contributed by atoms with Crippen LogP contribution in [0.25, 0.3) is 0 Å². The van der Waals surface area contributed by atoms with Crippen LogP contribution in [0, 0.1) is 20.2 Å². The third-order valence-corrected chi connectivity index (χ3v) is 6.02. The van der Waals surface area contributed by atoms with Crippen molar-refractivity contribution in [1.29, 1.82) is 0 Å². The van der Waals surface area contributed by atoms with Gasteiger partial charge in [0, 0.05) is 30.7 Å². The van der Waals surface area contributed by atoms with Crippen molar-refractivity contribution in [2.45, 2.75) is 19.4 Å². The van der Waals surface area contributed by atoms with Gasteiger partial charge in [0.1, 0.15) is 12.3 Å². The summed E-state index contributed by atoms with van der Waals surface area (Å²) in [5.41, 5.74) is 0.155. The van der Waals surface area contributed by atoms with Crippen LogP contribution in [0.4, 0.5) is 11.4 Å². The number of nitrogens with zero attached hydrogens (tertiary/aromatic N) is 2. The van der Waals surface area contributed by atoms with E-state index in [1.165, 1.54) is 36.4 Å². The fourth-order valence-electron chi connectivity index (χ4n) is 2.51. The molecule has 1 amide bonds. The summed E-state index contributed by atoms with van der Waals surface area (Å²) in [6.07, 6.45) is -0.310. The summed E-state index contributed by atoms with van der Waals surface area (Å²) in [5, 5.41) is 32.3. The first-order chi connectivity index (χ1) is 15.6. The Labute approximate surface area is 187 Å². The van der Waals surface area contributed by atoms with Gasteiger partial charge in [0.25, 0.3) is 11.4 Å². The average Bonchev–Trinajstić information content (AvgIpc) is 2.77. The number of hydrogen-bond donors (Lipinski definition) is 2. The predicted molar refractivity (Wildman–Crippen MR) is 114 cm³/mol. The van der Waals surface area contributed by atoms with Crippen LogP contribution in [0.3, 0.4) is 0 Å². The molecule has 2 aromatic rings. The van der Waals surface area contributed by atoms with Gasteiger partial charge in [0.05, 0.1) is 22.6 Å². The number of benzene rings is 2. The summed E-state index contributed by atoms with van der Waals surface area (Å²) in [7, 11) is -3.87. The molecule has 2 aromatic carbocycles. The fourth-order valence-corrected chi connectivity index (χ4v) is 4.12. The average molecular weight is 481 g/mol. The van der Waals surface area contributed by atoms with Gasteiger partial charge in [-0.2, -0.15) is 0 Å². The quantitative estimate of drug-likeness (QED) is 0.244. The second-order valence-electron chi connectivity index (χ2n) is 6.65. The molecule has 14 heteroatoms. The molecule has 176 valence electrons. The Balaban J connectivity index is 2.07. The lowest BCUT2D eigenvalue weighted by molar-refractivity contribution is -0.385. The lowest BCUT2D eigenvalue weighted by Gasteiger charge is -2.19. The van der Waals surface area contributed by atoms with Crippen LogP contribution in [0.1, 0.15) is 18.4 Å². The molecule has 0 saturated carbocycles. The van der Waals surface area contributed by atoms with Crippen molar-refractivity contribution in [2.75, 3.05) is 12.7 Å². The van der Waals surface area contributed by atoms with Crippen LogP contribution in [-0.2, 0) is 25.3 Å². The standard InChI is InChI=1S/C19H20N3O10P/c23-18(20-12-19(24)25)2-1-11-33(30,32-17-9-7-16(8-10-17)22(28)29)31-13-14-3-5-15(6-4-14)21(26)27/h3-10H,1-2,11-13H2,(H,20,23)(H,24,25). The minimum absolute atomic E-state index is 0.0377. The number of non-ortho nitro benzene ring substituents is 2. The van der Waals surface area contributed by atoms with E-state index in [9.17, 15) is 34.4 Å². The molecule has 0 aliphatic carbocycles. The highest BCUT2D eigenvalue weighted by atomic mass is 31.2. The zero-order valence-corrected chi connectivity index (χ0v) is 18.0. The van der Waals surface area contributed by atoms with E-state index in [1.807, 2.05) is 0 Å². The second kappa shape index (κ2) is 11.7. The van der Waals surface area contributed by atoms with Gasteiger partial charge in [0.2, 0.25) is 5.91 Å². The van der Waals surface area contributed by atoms with Gasteiger partial charge >= 0.3 is 13.6 Å². The maximum atomic E-state index is 13.3. The van der Waals surface area contributed by atoms with Crippen LogP contribution in [0.15, 0.2) is 48.5 Å². The summed E-state index contributed by atoms with van der Waals surface area (Å²) in [4.78, 5) is 42.6. The predicted octanol–water partition coefficient (Wildman–Crippen LogP) is 3.27. The normalized spacial score (nSPS) is 12.4. The molecule has 2 rings (SSSR count). The number of aliphatic carboxylic acids is 1. The molecule has 0 aliphatic heterocycles. The van der Waals surface area contributed by atoms with E-state index < -0.39 is 35.9 Å². The number of rotatable bonds is 13. The molecule has 0 aliphatic rings. The molecule has 0 fully saturated rings. The first kappa shape index (κ1) is 25.4. The highest BCUT2D eigenvalue weighted by Gasteiger charge is 2.27. The number of nitro groups is 2. The number of nitrogens with one attached hydrogen (secondary N) is 1. The van der Waals surface area contributed by atoms with Crippen LogP contribution in [0.2, 0.25) is 0 Å². The molecular formula is C19H20N3O10P. The van der Waals surface area contributed by atoms with Crippen molar-refractivity contribution in [3.8, 4) is 5.75 Å². The molecule has 0 spiro atoms. The highest BCUT2D eigenvalue weighted by molar-refractivity contribution is 7.54. The van der Waals surface area contributed by atoms with Crippen molar-refractivity contribution >= 4 is 30.8 Å². The Morgan fingerprint density at radius 1 is 0.970 bits per heavy atom. The minimum atomic E-state index is -3.87. The highest BCUT2D eigenvalue weighted by Crippen LogP contribution is 2.50. The number of carboxylic acid groups (broad SMARTS) is 1. The number of carbonyl (C=O) groups is 2. The van der Waals surface area contributed by atoms with Gasteiger partial charge in [-0.25, -0.2) is 4.57 Å². The van der Waals surface area contributed by atoms with Gasteiger partial charge in [0.15, 0.2) is 0 Å². The number of amides is 1. The Kier molecular flexibility index (Phi) is 9.01. The summed E-state index contributed by atoms with van der Waals surface area (Å²) >= 11 is 0. The van der Waals surface area contributed by atoms with Crippen LogP contribution >= 0.6 is 7.60 Å². The zero-order valence-electron chi connectivity index (χ0n) is 17.1. The number of nitro benzene ring substituents is 2. The SMILES string of the molecule is O=C(O)CNC(=O)CCCP(=O)(OCc1ccc([N+](=O)[O-])cc1)Oc1ccc([N+](=O)[O-])cc1. The molecule has 33 heavy (non-hydrogen) atoms. The molecular weight excluding hydrogens is 461 g/mol. The smallest absolute Gasteiger partial charge is 0.379 e. The van der Waals surface area contributed by atoms with Crippen LogP contribution in [-0.4, -0.2) is 39.5 Å². The molecule has 0 saturated heterocycles. The van der Waals surface area contributed by atoms with E-state index in [4.69, 9.17) is 14.2 Å². The first-order valence-electron chi connectivity index (χ1n) is 9.47. The third-order valence-electron chi connectivity index (χ3n) is 4.14. The largest absolute Gasteiger partial charge is 0.480 e. The Morgan fingerprint density at radius 3 is 2.03 bits per heavy atom. The van der Waals surface area contributed by atoms with Crippen molar-refractivity contribution in [3.63, 3.8) is 0 Å². The zero-order chi connectivity index (χ0) is 24.4. The molecule has 2 N–H and O–H groups in total. The first-order valence-corrected chi connectivity index (χ1v) is 11.2. The summed E-state index contributed by atoms with van der Waals surface area (Å²) in [5.74, 6) is -1.72. The van der Waals surface area contributed by atoms with Crippen molar-refractivity contribution in [2.24, 2.45) is 0 Å². The monoisotopic (exact) mass is 481 g/mol. The fraction of sp³-hybridized carbons (Fsp3) is 0.263. The number of hydrogen-bond acceptors (Lipinski definition) is 9. The van der Waals surface area contributed by atoms with Crippen LogP contribution < -0.4 is 9.84 Å². The van der Waals surface area contributed by atoms with Crippen molar-refractivity contribution in [1.82, 2.24) is 5.32 Å². The van der Waals surface area contributed by atoms with Gasteiger partial charge in [-0.05, 0) is 36.2 Å². The number of carbonyl (C=O) groups excluding carboxylic acids is 1. The second-order valence-corrected chi connectivity index (χ2v) is 8.76. The van der Waals surface area contributed by atoms with E-state index in [2.05, 4.69) is 5.32 Å². The van der Waals surface area contributed by atoms with E-state index >= 15 is 0 Å². The minimum Gasteiger partial charge on any atom is -0.480 e. The van der Waals surface area contributed by atoms with E-state index in [1.54, 1.807) is 0 Å². The van der Waals surface area contributed by atoms with Gasteiger partial charge in [-0.3, -0.25) is 34.3 Å². The molecule has 0 bridgehead atoms. The van der Waals surface area contributed by atoms with E-state index in [0.29, 0.717) is 5.56 Å². The summed E-state index contributed by atoms with van der Waals surface area (Å²) in [6.45, 7) is -0.764. The van der Waals surface area contributed by atoms with E-state index in [0.717, 1.165) is 12.1 Å². The third kappa shape index (κ3) is 8.67. The number of carboxylic acids is 1. The maximum absolute atomic E-state index is 13.3. The molecule has 13 nitrogen and oxygen atoms in total. The Hall–Kier alpha value is -3.83. The molecule has 1 atom stereocenters. The van der Waals surface area contributed by atoms with Crippen molar-refractivity contribution in [3.05, 3.63) is 74.3 Å². The Morgan fingerprint density at radius 2 is 1.52 bits per heavy atom. The van der Waals surface area contributed by atoms with Gasteiger partial charge in [-0.15, -0.1) is 0 Å². The van der Waals surface area contributed by atoms with Gasteiger partial charge in [-0.1, -0.05) is 0 Å². The topological polar surface area (TPSA) is 188 Å². The van der Waals surface area contributed by atoms with E-state index in [-0.39, 0.29) is 42.7 Å². The summed E-state index contributed by atoms with van der Waals surface area (Å²) < 4.78 is 24.2. The summed E-state index contributed by atoms with van der Waals surface area (Å²) in [6, 6.07) is 10.2. The molecule has 0 aromatic heterocycles. The molecule has 1 unspecified atom stereocenters. The van der Waals surface area contributed by atoms with Crippen molar-refractivity contribution < 1.29 is 38.2 Å². The lowest BCUT2D eigenvalue weighted by Crippen LogP contribution is -2.29. The molecule has 0 radical (unpaired) electrons. The maximum Gasteiger partial charge on any atom is 0.379 e. The van der Waals surface area contributed by atoms with Gasteiger partial charge < -0.3 is 14.9 Å². The lowest BCUT2D eigenvalue weighted by atomic mass is 10.2. The molecule has 0 heterocycles. The Bertz CT molecular complexity index is 1060.